The summed E-state index contributed by atoms with van der Waals surface area (Å²) in [5.41, 5.74) is 4.58. The van der Waals surface area contributed by atoms with Crippen LogP contribution < -0.4 is 5.32 Å². The molecule has 2 amide bonds. The van der Waals surface area contributed by atoms with Gasteiger partial charge < -0.3 is 15.3 Å². The van der Waals surface area contributed by atoms with Crippen LogP contribution >= 0.6 is 0 Å². The van der Waals surface area contributed by atoms with Crippen LogP contribution in [0.15, 0.2) is 97.1 Å². The molecule has 5 rings (SSSR count). The second-order valence-electron chi connectivity index (χ2n) is 10.9. The minimum absolute atomic E-state index is 0.0261. The van der Waals surface area contributed by atoms with Gasteiger partial charge in [-0.1, -0.05) is 54.6 Å². The molecule has 1 aliphatic rings. The highest BCUT2D eigenvalue weighted by atomic mass is 19.1. The Bertz CT molecular complexity index is 1460. The van der Waals surface area contributed by atoms with Gasteiger partial charge in [-0.15, -0.1) is 0 Å². The van der Waals surface area contributed by atoms with Crippen molar-refractivity contribution < 1.29 is 23.5 Å². The third kappa shape index (κ3) is 7.19. The van der Waals surface area contributed by atoms with E-state index >= 15 is 0 Å². The number of nitrogens with one attached hydrogen (secondary N) is 1. The highest BCUT2D eigenvalue weighted by molar-refractivity contribution is 5.97. The molecule has 1 aliphatic heterocycles. The Morgan fingerprint density at radius 1 is 0.857 bits per heavy atom. The first-order chi connectivity index (χ1) is 20.2. The average molecular weight is 570 g/mol. The van der Waals surface area contributed by atoms with E-state index in [-0.39, 0.29) is 29.5 Å². The summed E-state index contributed by atoms with van der Waals surface area (Å²) < 4.78 is 27.2. The fourth-order valence-electron chi connectivity index (χ4n) is 5.60. The number of nitrogens with zero attached hydrogens (tertiary/aromatic N) is 2. The SMILES string of the molecule is CN(C[C@H]1C[C@@H](CNC(=O)c2cc(-c3ccc(F)cc3)cc(-c3ccc(F)cc3)c2)N(Cc2ccccc2)C1)C(=O)O. The quantitative estimate of drug-likeness (QED) is 0.241. The Morgan fingerprint density at radius 2 is 1.43 bits per heavy atom. The molecular weight excluding hydrogens is 536 g/mol. The predicted molar refractivity (Wildman–Crippen MR) is 159 cm³/mol. The molecule has 4 aromatic carbocycles. The summed E-state index contributed by atoms with van der Waals surface area (Å²) in [7, 11) is 1.58. The summed E-state index contributed by atoms with van der Waals surface area (Å²) in [6.07, 6.45) is -0.208. The number of carboxylic acid groups (broad SMARTS) is 1. The van der Waals surface area contributed by atoms with E-state index in [0.717, 1.165) is 40.8 Å². The molecule has 216 valence electrons. The van der Waals surface area contributed by atoms with Crippen LogP contribution in [-0.4, -0.2) is 59.6 Å². The number of benzene rings is 4. The van der Waals surface area contributed by atoms with E-state index in [1.54, 1.807) is 43.4 Å². The Labute approximate surface area is 244 Å². The molecule has 0 aliphatic carbocycles. The highest BCUT2D eigenvalue weighted by Crippen LogP contribution is 2.30. The highest BCUT2D eigenvalue weighted by Gasteiger charge is 2.33. The lowest BCUT2D eigenvalue weighted by atomic mass is 9.95. The molecule has 2 atom stereocenters. The first-order valence-electron chi connectivity index (χ1n) is 13.9. The van der Waals surface area contributed by atoms with Crippen LogP contribution in [0.3, 0.4) is 0 Å². The Kier molecular flexibility index (Phi) is 8.93. The Morgan fingerprint density at radius 3 is 1.98 bits per heavy atom. The molecule has 6 nitrogen and oxygen atoms in total. The molecule has 0 bridgehead atoms. The second kappa shape index (κ2) is 13.0. The van der Waals surface area contributed by atoms with E-state index in [4.69, 9.17) is 0 Å². The number of carbonyl (C=O) groups excluding carboxylic acids is 1. The second-order valence-corrected chi connectivity index (χ2v) is 10.9. The number of rotatable bonds is 9. The van der Waals surface area contributed by atoms with E-state index < -0.39 is 6.09 Å². The van der Waals surface area contributed by atoms with Crippen LogP contribution in [0.1, 0.15) is 22.3 Å². The van der Waals surface area contributed by atoms with Gasteiger partial charge in [0.2, 0.25) is 0 Å². The van der Waals surface area contributed by atoms with Crippen LogP contribution in [0, 0.1) is 17.6 Å². The van der Waals surface area contributed by atoms with Crippen LogP contribution in [0.2, 0.25) is 0 Å². The molecule has 0 spiro atoms. The van der Waals surface area contributed by atoms with E-state index in [2.05, 4.69) is 22.3 Å². The lowest BCUT2D eigenvalue weighted by Gasteiger charge is -2.25. The van der Waals surface area contributed by atoms with Gasteiger partial charge in [0.1, 0.15) is 11.6 Å². The number of hydrogen-bond acceptors (Lipinski definition) is 3. The molecule has 8 heteroatoms. The summed E-state index contributed by atoms with van der Waals surface area (Å²) >= 11 is 0. The lowest BCUT2D eigenvalue weighted by Crippen LogP contribution is -2.39. The van der Waals surface area contributed by atoms with Gasteiger partial charge in [0.25, 0.3) is 5.91 Å². The molecule has 1 saturated heterocycles. The van der Waals surface area contributed by atoms with Gasteiger partial charge in [-0.05, 0) is 82.6 Å². The van der Waals surface area contributed by atoms with Crippen LogP contribution in [-0.2, 0) is 6.54 Å². The van der Waals surface area contributed by atoms with Crippen molar-refractivity contribution in [1.82, 2.24) is 15.1 Å². The number of carbonyl (C=O) groups is 2. The van der Waals surface area contributed by atoms with Gasteiger partial charge in [0, 0.05) is 44.8 Å². The maximum Gasteiger partial charge on any atom is 0.407 e. The molecule has 2 N–H and O–H groups in total. The van der Waals surface area contributed by atoms with Crippen LogP contribution in [0.5, 0.6) is 0 Å². The number of hydrogen-bond donors (Lipinski definition) is 2. The zero-order valence-corrected chi connectivity index (χ0v) is 23.3. The molecule has 0 radical (unpaired) electrons. The molecule has 4 aromatic rings. The topological polar surface area (TPSA) is 72.9 Å². The monoisotopic (exact) mass is 569 g/mol. The van der Waals surface area contributed by atoms with Gasteiger partial charge in [0.15, 0.2) is 0 Å². The first-order valence-corrected chi connectivity index (χ1v) is 13.9. The zero-order chi connectivity index (χ0) is 29.6. The van der Waals surface area contributed by atoms with Gasteiger partial charge in [-0.25, -0.2) is 13.6 Å². The lowest BCUT2D eigenvalue weighted by molar-refractivity contribution is 0.0939. The molecule has 1 heterocycles. The van der Waals surface area contributed by atoms with Gasteiger partial charge >= 0.3 is 6.09 Å². The molecule has 0 saturated carbocycles. The molecule has 1 fully saturated rings. The van der Waals surface area contributed by atoms with E-state index in [1.807, 2.05) is 24.3 Å². The largest absolute Gasteiger partial charge is 0.465 e. The van der Waals surface area contributed by atoms with Gasteiger partial charge in [0.05, 0.1) is 0 Å². The number of amides is 2. The van der Waals surface area contributed by atoms with Crippen molar-refractivity contribution in [3.05, 3.63) is 120 Å². The van der Waals surface area contributed by atoms with E-state index in [1.165, 1.54) is 29.2 Å². The predicted octanol–water partition coefficient (Wildman–Crippen LogP) is 6.53. The Hall–Kier alpha value is -4.56. The molecule has 0 unspecified atom stereocenters. The minimum Gasteiger partial charge on any atom is -0.465 e. The molecular formula is C34H33F2N3O3. The summed E-state index contributed by atoms with van der Waals surface area (Å²) in [6.45, 7) is 2.24. The van der Waals surface area contributed by atoms with Crippen molar-refractivity contribution in [2.24, 2.45) is 5.92 Å². The van der Waals surface area contributed by atoms with Crippen molar-refractivity contribution in [1.29, 1.82) is 0 Å². The van der Waals surface area contributed by atoms with Gasteiger partial charge in [-0.2, -0.15) is 0 Å². The fourth-order valence-corrected chi connectivity index (χ4v) is 5.60. The number of likely N-dealkylation sites (tertiary alicyclic amines) is 1. The summed E-state index contributed by atoms with van der Waals surface area (Å²) in [4.78, 5) is 28.6. The smallest absolute Gasteiger partial charge is 0.407 e. The minimum atomic E-state index is -0.959. The average Bonchev–Trinajstić information content (AvgIpc) is 3.37. The van der Waals surface area contributed by atoms with Crippen molar-refractivity contribution in [2.45, 2.75) is 19.0 Å². The van der Waals surface area contributed by atoms with Crippen molar-refractivity contribution in [3.8, 4) is 22.3 Å². The van der Waals surface area contributed by atoms with Crippen molar-refractivity contribution in [3.63, 3.8) is 0 Å². The zero-order valence-electron chi connectivity index (χ0n) is 23.3. The molecule has 42 heavy (non-hydrogen) atoms. The van der Waals surface area contributed by atoms with Crippen molar-refractivity contribution in [2.75, 3.05) is 26.7 Å². The van der Waals surface area contributed by atoms with E-state index in [0.29, 0.717) is 25.2 Å². The van der Waals surface area contributed by atoms with Gasteiger partial charge in [-0.3, -0.25) is 9.69 Å². The third-order valence-corrected chi connectivity index (χ3v) is 7.75. The first kappa shape index (κ1) is 29.0. The molecule has 0 aromatic heterocycles. The standard InChI is InChI=1S/C34H33F2N3O3/c1-38(34(41)42)20-24-15-32(39(22-24)21-23-5-3-2-4-6-23)19-37-33(40)29-17-27(25-7-11-30(35)12-8-25)16-28(18-29)26-9-13-31(36)14-10-26/h2-14,16-18,24,32H,15,19-22H2,1H3,(H,37,40)(H,41,42)/t24-,32+/m1/s1. The van der Waals surface area contributed by atoms with Crippen LogP contribution in [0.4, 0.5) is 13.6 Å². The summed E-state index contributed by atoms with van der Waals surface area (Å²) in [6, 6.07) is 27.7. The van der Waals surface area contributed by atoms with Crippen LogP contribution in [0.25, 0.3) is 22.3 Å². The fraction of sp³-hybridized carbons (Fsp3) is 0.235. The van der Waals surface area contributed by atoms with Crippen molar-refractivity contribution >= 4 is 12.0 Å². The maximum absolute atomic E-state index is 13.6. The summed E-state index contributed by atoms with van der Waals surface area (Å²) in [5.74, 6) is -0.816. The van der Waals surface area contributed by atoms with E-state index in [9.17, 15) is 23.5 Å². The maximum atomic E-state index is 13.6. The third-order valence-electron chi connectivity index (χ3n) is 7.75. The normalized spacial score (nSPS) is 16.7. The summed E-state index contributed by atoms with van der Waals surface area (Å²) in [5, 5.41) is 12.5. The number of halogens is 2. The Balaban J connectivity index is 1.37.